The Labute approximate surface area is 255 Å². The standard InChI is InChI=1S/C33H43N7O3/c1-33(2,3)43-32(41)40-18-17-39(21-25(40)12-14-34)30-27-13-16-38(20-24-9-6-5-7-10-24)22-29(27)28(19-35)31(36-30)42-23-26-11-8-15-37(26)4/h5-7,9-10,25-26H,8,11-13,15-18,20-23H2,1-4H3/t25?,26-/m0/s1. The Hall–Kier alpha value is -3.86. The highest BCUT2D eigenvalue weighted by Gasteiger charge is 2.36. The van der Waals surface area contributed by atoms with E-state index >= 15 is 0 Å². The van der Waals surface area contributed by atoms with E-state index in [1.54, 1.807) is 4.90 Å². The Balaban J connectivity index is 1.46. The topological polar surface area (TPSA) is 109 Å². The molecule has 5 rings (SSSR count). The quantitative estimate of drug-likeness (QED) is 0.469. The van der Waals surface area contributed by atoms with E-state index in [0.717, 1.165) is 55.8 Å². The largest absolute Gasteiger partial charge is 0.475 e. The molecule has 0 N–H and O–H groups in total. The van der Waals surface area contributed by atoms with Gasteiger partial charge in [-0.3, -0.25) is 4.90 Å². The Morgan fingerprint density at radius 3 is 2.53 bits per heavy atom. The zero-order chi connectivity index (χ0) is 30.6. The predicted molar refractivity (Wildman–Crippen MR) is 164 cm³/mol. The third kappa shape index (κ3) is 7.21. The van der Waals surface area contributed by atoms with Gasteiger partial charge in [0.1, 0.15) is 29.7 Å². The highest BCUT2D eigenvalue weighted by atomic mass is 16.6. The minimum Gasteiger partial charge on any atom is -0.475 e. The second-order valence-electron chi connectivity index (χ2n) is 12.9. The highest BCUT2D eigenvalue weighted by Crippen LogP contribution is 2.36. The number of likely N-dealkylation sites (tertiary alicyclic amines) is 1. The van der Waals surface area contributed by atoms with E-state index in [2.05, 4.69) is 58.2 Å². The minimum atomic E-state index is -0.621. The lowest BCUT2D eigenvalue weighted by molar-refractivity contribution is 0.0144. The molecule has 1 aromatic carbocycles. The van der Waals surface area contributed by atoms with Crippen LogP contribution in [0.25, 0.3) is 0 Å². The first kappa shape index (κ1) is 30.6. The molecule has 0 radical (unpaired) electrons. The van der Waals surface area contributed by atoms with E-state index in [0.29, 0.717) is 50.3 Å². The zero-order valence-electron chi connectivity index (χ0n) is 25.9. The monoisotopic (exact) mass is 585 g/mol. The summed E-state index contributed by atoms with van der Waals surface area (Å²) in [4.78, 5) is 26.6. The van der Waals surface area contributed by atoms with Crippen molar-refractivity contribution in [3.63, 3.8) is 0 Å². The Kier molecular flexibility index (Phi) is 9.39. The number of piperazine rings is 1. The maximum absolute atomic E-state index is 13.0. The first-order chi connectivity index (χ1) is 20.7. The number of hydrogen-bond acceptors (Lipinski definition) is 9. The fourth-order valence-corrected chi connectivity index (χ4v) is 6.36. The van der Waals surface area contributed by atoms with Crippen molar-refractivity contribution in [2.24, 2.45) is 0 Å². The lowest BCUT2D eigenvalue weighted by atomic mass is 9.95. The van der Waals surface area contributed by atoms with Crippen LogP contribution < -0.4 is 9.64 Å². The molecule has 3 aliphatic heterocycles. The third-order valence-electron chi connectivity index (χ3n) is 8.60. The molecule has 2 atom stereocenters. The van der Waals surface area contributed by atoms with Gasteiger partial charge in [0.25, 0.3) is 0 Å². The molecule has 0 spiro atoms. The van der Waals surface area contributed by atoms with Gasteiger partial charge in [0.05, 0.1) is 18.5 Å². The fourth-order valence-electron chi connectivity index (χ4n) is 6.36. The first-order valence-corrected chi connectivity index (χ1v) is 15.3. The molecule has 1 aromatic heterocycles. The van der Waals surface area contributed by atoms with Gasteiger partial charge in [-0.15, -0.1) is 0 Å². The number of nitriles is 2. The summed E-state index contributed by atoms with van der Waals surface area (Å²) in [6.45, 7) is 10.7. The van der Waals surface area contributed by atoms with Crippen molar-refractivity contribution in [3.8, 4) is 18.0 Å². The third-order valence-corrected chi connectivity index (χ3v) is 8.60. The normalized spacial score (nSPS) is 21.2. The summed E-state index contributed by atoms with van der Waals surface area (Å²) in [6.07, 6.45) is 2.73. The summed E-state index contributed by atoms with van der Waals surface area (Å²) in [5.41, 5.74) is 3.16. The Bertz CT molecular complexity index is 1380. The zero-order valence-corrected chi connectivity index (χ0v) is 25.9. The second kappa shape index (κ2) is 13.2. The molecule has 1 amide bonds. The number of rotatable bonds is 7. The van der Waals surface area contributed by atoms with E-state index in [4.69, 9.17) is 14.5 Å². The van der Waals surface area contributed by atoms with Gasteiger partial charge >= 0.3 is 6.09 Å². The molecule has 3 aliphatic rings. The van der Waals surface area contributed by atoms with Crippen molar-refractivity contribution in [3.05, 3.63) is 52.6 Å². The summed E-state index contributed by atoms with van der Waals surface area (Å²) < 4.78 is 12.0. The van der Waals surface area contributed by atoms with Gasteiger partial charge in [-0.25, -0.2) is 4.79 Å². The van der Waals surface area contributed by atoms with Crippen LogP contribution >= 0.6 is 0 Å². The number of fused-ring (bicyclic) bond motifs is 1. The molecule has 2 fully saturated rings. The summed E-state index contributed by atoms with van der Waals surface area (Å²) >= 11 is 0. The molecule has 0 saturated carbocycles. The number of ether oxygens (including phenoxy) is 2. The van der Waals surface area contributed by atoms with Crippen LogP contribution in [-0.2, 0) is 24.2 Å². The second-order valence-corrected chi connectivity index (χ2v) is 12.9. The molecule has 10 nitrogen and oxygen atoms in total. The minimum absolute atomic E-state index is 0.191. The van der Waals surface area contributed by atoms with Crippen molar-refractivity contribution in [2.45, 2.75) is 77.2 Å². The molecule has 2 saturated heterocycles. The maximum Gasteiger partial charge on any atom is 0.410 e. The van der Waals surface area contributed by atoms with Crippen LogP contribution in [0.1, 0.15) is 62.3 Å². The molecule has 0 aliphatic carbocycles. The molecule has 2 aromatic rings. The average molecular weight is 586 g/mol. The molecule has 43 heavy (non-hydrogen) atoms. The molecule has 4 heterocycles. The smallest absolute Gasteiger partial charge is 0.410 e. The van der Waals surface area contributed by atoms with Gasteiger partial charge in [0, 0.05) is 50.9 Å². The van der Waals surface area contributed by atoms with Gasteiger partial charge in [-0.1, -0.05) is 30.3 Å². The SMILES string of the molecule is CN1CCC[C@H]1COc1nc(N2CCN(C(=O)OC(C)(C)C)C(CC#N)C2)c2c(c1C#N)CN(Cc1ccccc1)CC2. The van der Waals surface area contributed by atoms with E-state index in [9.17, 15) is 15.3 Å². The molecular formula is C33H43N7O3. The summed E-state index contributed by atoms with van der Waals surface area (Å²) in [7, 11) is 2.11. The van der Waals surface area contributed by atoms with Gasteiger partial charge in [0.15, 0.2) is 0 Å². The molecule has 10 heteroatoms. The number of likely N-dealkylation sites (N-methyl/N-ethyl adjacent to an activating group) is 1. The molecular weight excluding hydrogens is 542 g/mol. The van der Waals surface area contributed by atoms with Gasteiger partial charge in [-0.05, 0) is 64.8 Å². The number of hydrogen-bond donors (Lipinski definition) is 0. The first-order valence-electron chi connectivity index (χ1n) is 15.3. The number of carbonyl (C=O) groups excluding carboxylic acids is 1. The maximum atomic E-state index is 13.0. The number of anilines is 1. The fraction of sp³-hybridized carbons (Fsp3) is 0.576. The van der Waals surface area contributed by atoms with Crippen LogP contribution in [0, 0.1) is 22.7 Å². The van der Waals surface area contributed by atoms with Crippen molar-refractivity contribution in [1.29, 1.82) is 10.5 Å². The Morgan fingerprint density at radius 1 is 1.07 bits per heavy atom. The number of nitrogens with zero attached hydrogens (tertiary/aromatic N) is 7. The predicted octanol–water partition coefficient (Wildman–Crippen LogP) is 4.32. The van der Waals surface area contributed by atoms with Crippen molar-refractivity contribution in [1.82, 2.24) is 19.7 Å². The summed E-state index contributed by atoms with van der Waals surface area (Å²) in [6, 6.07) is 15.0. The molecule has 228 valence electrons. The van der Waals surface area contributed by atoms with Crippen LogP contribution in [0.3, 0.4) is 0 Å². The van der Waals surface area contributed by atoms with E-state index in [-0.39, 0.29) is 12.5 Å². The van der Waals surface area contributed by atoms with Gasteiger partial charge < -0.3 is 24.2 Å². The van der Waals surface area contributed by atoms with Gasteiger partial charge in [0.2, 0.25) is 5.88 Å². The van der Waals surface area contributed by atoms with E-state index < -0.39 is 11.7 Å². The van der Waals surface area contributed by atoms with E-state index in [1.807, 2.05) is 26.8 Å². The lowest BCUT2D eigenvalue weighted by Crippen LogP contribution is -2.56. The molecule has 1 unspecified atom stereocenters. The van der Waals surface area contributed by atoms with Crippen molar-refractivity contribution in [2.75, 3.05) is 51.3 Å². The van der Waals surface area contributed by atoms with Gasteiger partial charge in [-0.2, -0.15) is 15.5 Å². The van der Waals surface area contributed by atoms with Crippen molar-refractivity contribution < 1.29 is 14.3 Å². The van der Waals surface area contributed by atoms with Crippen LogP contribution in [-0.4, -0.2) is 89.8 Å². The summed E-state index contributed by atoms with van der Waals surface area (Å²) in [5.74, 6) is 1.18. The highest BCUT2D eigenvalue weighted by molar-refractivity contribution is 5.69. The van der Waals surface area contributed by atoms with Crippen LogP contribution in [0.5, 0.6) is 5.88 Å². The Morgan fingerprint density at radius 2 is 1.86 bits per heavy atom. The number of amides is 1. The van der Waals surface area contributed by atoms with E-state index in [1.165, 1.54) is 5.56 Å². The lowest BCUT2D eigenvalue weighted by Gasteiger charge is -2.42. The van der Waals surface area contributed by atoms with Crippen LogP contribution in [0.15, 0.2) is 30.3 Å². The molecule has 0 bridgehead atoms. The number of benzene rings is 1. The average Bonchev–Trinajstić information content (AvgIpc) is 3.39. The number of aromatic nitrogens is 1. The van der Waals surface area contributed by atoms with Crippen molar-refractivity contribution >= 4 is 11.9 Å². The summed E-state index contributed by atoms with van der Waals surface area (Å²) in [5, 5.41) is 20.0. The number of carbonyl (C=O) groups is 1. The van der Waals surface area contributed by atoms with Crippen LogP contribution in [0.2, 0.25) is 0 Å². The number of pyridine rings is 1. The van der Waals surface area contributed by atoms with Crippen LogP contribution in [0.4, 0.5) is 10.6 Å².